The molecular weight excluding hydrogens is 378 g/mol. The third kappa shape index (κ3) is 3.41. The first kappa shape index (κ1) is 19.6. The lowest BCUT2D eigenvalue weighted by atomic mass is 9.87. The first-order valence-electron chi connectivity index (χ1n) is 9.80. The van der Waals surface area contributed by atoms with E-state index in [-0.39, 0.29) is 17.0 Å². The van der Waals surface area contributed by atoms with E-state index in [1.165, 1.54) is 6.07 Å². The Morgan fingerprint density at radius 1 is 0.933 bits per heavy atom. The largest absolute Gasteiger partial charge is 0.360 e. The summed E-state index contributed by atoms with van der Waals surface area (Å²) < 4.78 is 0. The molecule has 4 rings (SSSR count). The van der Waals surface area contributed by atoms with Gasteiger partial charge in [0.1, 0.15) is 6.17 Å². The number of nitrogens with one attached hydrogen (secondary N) is 1. The molecule has 0 aromatic heterocycles. The molecule has 1 aliphatic rings. The molecule has 0 aliphatic carbocycles. The Labute approximate surface area is 175 Å². The average molecular weight is 401 g/mol. The molecule has 0 radical (unpaired) electrons. The van der Waals surface area contributed by atoms with Crippen molar-refractivity contribution in [3.05, 3.63) is 99.6 Å². The summed E-state index contributed by atoms with van der Waals surface area (Å²) >= 11 is 0. The molecule has 0 saturated heterocycles. The standard InChI is InChI=1S/C24H23N3O3/c1-24(2,3)16-12-14-17(15-13-16)26-22(19-9-5-7-11-21(19)27(29)30)25-20-10-6-4-8-18(20)23(26)28/h4-15,22,25H,1-3H3. The van der Waals surface area contributed by atoms with Crippen LogP contribution < -0.4 is 10.2 Å². The lowest BCUT2D eigenvalue weighted by molar-refractivity contribution is -0.385. The van der Waals surface area contributed by atoms with Crippen LogP contribution in [0, 0.1) is 10.1 Å². The van der Waals surface area contributed by atoms with Gasteiger partial charge in [0.05, 0.1) is 16.1 Å². The molecule has 0 saturated carbocycles. The summed E-state index contributed by atoms with van der Waals surface area (Å²) in [6.07, 6.45) is -0.700. The van der Waals surface area contributed by atoms with E-state index in [0.29, 0.717) is 22.5 Å². The van der Waals surface area contributed by atoms with Crippen molar-refractivity contribution in [2.75, 3.05) is 10.2 Å². The molecule has 1 unspecified atom stereocenters. The number of nitro benzene ring substituents is 1. The third-order valence-corrected chi connectivity index (χ3v) is 5.37. The van der Waals surface area contributed by atoms with Gasteiger partial charge in [0.25, 0.3) is 11.6 Å². The van der Waals surface area contributed by atoms with Gasteiger partial charge in [0.2, 0.25) is 0 Å². The molecule has 0 spiro atoms. The van der Waals surface area contributed by atoms with Crippen molar-refractivity contribution in [2.45, 2.75) is 32.4 Å². The second-order valence-electron chi connectivity index (χ2n) is 8.38. The summed E-state index contributed by atoms with van der Waals surface area (Å²) in [4.78, 5) is 26.3. The summed E-state index contributed by atoms with van der Waals surface area (Å²) in [5.41, 5.74) is 3.40. The van der Waals surface area contributed by atoms with Crippen molar-refractivity contribution in [2.24, 2.45) is 0 Å². The minimum atomic E-state index is -0.700. The summed E-state index contributed by atoms with van der Waals surface area (Å²) in [7, 11) is 0. The van der Waals surface area contributed by atoms with Gasteiger partial charge in [0, 0.05) is 17.4 Å². The first-order valence-corrected chi connectivity index (χ1v) is 9.80. The molecule has 6 nitrogen and oxygen atoms in total. The van der Waals surface area contributed by atoms with Crippen molar-refractivity contribution < 1.29 is 9.72 Å². The molecule has 1 amide bonds. The fourth-order valence-electron chi connectivity index (χ4n) is 3.74. The van der Waals surface area contributed by atoms with Crippen LogP contribution >= 0.6 is 0 Å². The third-order valence-electron chi connectivity index (χ3n) is 5.37. The number of hydrogen-bond acceptors (Lipinski definition) is 4. The van der Waals surface area contributed by atoms with Crippen molar-refractivity contribution in [3.8, 4) is 0 Å². The van der Waals surface area contributed by atoms with E-state index in [4.69, 9.17) is 0 Å². The Morgan fingerprint density at radius 3 is 2.23 bits per heavy atom. The lowest BCUT2D eigenvalue weighted by Gasteiger charge is -2.38. The van der Waals surface area contributed by atoms with Gasteiger partial charge in [-0.15, -0.1) is 0 Å². The molecule has 1 heterocycles. The number of carbonyl (C=O) groups is 1. The number of hydrogen-bond donors (Lipinski definition) is 1. The van der Waals surface area contributed by atoms with Crippen LogP contribution in [0.5, 0.6) is 0 Å². The Morgan fingerprint density at radius 2 is 1.57 bits per heavy atom. The SMILES string of the molecule is CC(C)(C)c1ccc(N2C(=O)c3ccccc3NC2c2ccccc2[N+](=O)[O-])cc1. The zero-order valence-corrected chi connectivity index (χ0v) is 17.1. The van der Waals surface area contributed by atoms with Crippen molar-refractivity contribution in [3.63, 3.8) is 0 Å². The number of anilines is 2. The van der Waals surface area contributed by atoms with Gasteiger partial charge in [-0.25, -0.2) is 0 Å². The van der Waals surface area contributed by atoms with E-state index in [1.54, 1.807) is 29.2 Å². The Hall–Kier alpha value is -3.67. The highest BCUT2D eigenvalue weighted by Crippen LogP contribution is 2.39. The van der Waals surface area contributed by atoms with Crippen molar-refractivity contribution in [1.82, 2.24) is 0 Å². The van der Waals surface area contributed by atoms with E-state index in [9.17, 15) is 14.9 Å². The number of amides is 1. The van der Waals surface area contributed by atoms with Crippen LogP contribution in [0.2, 0.25) is 0 Å². The second-order valence-corrected chi connectivity index (χ2v) is 8.38. The fraction of sp³-hybridized carbons (Fsp3) is 0.208. The van der Waals surface area contributed by atoms with Gasteiger partial charge in [-0.05, 0) is 41.3 Å². The fourth-order valence-corrected chi connectivity index (χ4v) is 3.74. The summed E-state index contributed by atoms with van der Waals surface area (Å²) in [5, 5.41) is 15.0. The highest BCUT2D eigenvalue weighted by molar-refractivity contribution is 6.12. The normalized spacial score (nSPS) is 16.0. The molecule has 6 heteroatoms. The van der Waals surface area contributed by atoms with Crippen LogP contribution in [0.4, 0.5) is 17.1 Å². The number of para-hydroxylation sites is 2. The van der Waals surface area contributed by atoms with Crippen LogP contribution in [-0.2, 0) is 5.41 Å². The van der Waals surface area contributed by atoms with E-state index in [2.05, 4.69) is 26.1 Å². The van der Waals surface area contributed by atoms with Crippen LogP contribution in [0.1, 0.15) is 48.4 Å². The average Bonchev–Trinajstić information content (AvgIpc) is 2.73. The molecule has 0 bridgehead atoms. The van der Waals surface area contributed by atoms with Gasteiger partial charge >= 0.3 is 0 Å². The van der Waals surface area contributed by atoms with Crippen molar-refractivity contribution >= 4 is 23.0 Å². The van der Waals surface area contributed by atoms with E-state index < -0.39 is 11.1 Å². The highest BCUT2D eigenvalue weighted by Gasteiger charge is 2.37. The zero-order chi connectivity index (χ0) is 21.5. The Balaban J connectivity index is 1.87. The predicted octanol–water partition coefficient (Wildman–Crippen LogP) is 5.66. The summed E-state index contributed by atoms with van der Waals surface area (Å²) in [6, 6.07) is 21.5. The maximum atomic E-state index is 13.5. The molecule has 1 N–H and O–H groups in total. The van der Waals surface area contributed by atoms with Crippen LogP contribution in [0.25, 0.3) is 0 Å². The molecule has 0 fully saturated rings. The number of fused-ring (bicyclic) bond motifs is 1. The number of nitro groups is 1. The van der Waals surface area contributed by atoms with Gasteiger partial charge in [0.15, 0.2) is 0 Å². The minimum absolute atomic E-state index is 0.0209. The van der Waals surface area contributed by atoms with Gasteiger partial charge in [-0.3, -0.25) is 19.8 Å². The minimum Gasteiger partial charge on any atom is -0.360 e. The second kappa shape index (κ2) is 7.30. The van der Waals surface area contributed by atoms with Gasteiger partial charge < -0.3 is 5.32 Å². The van der Waals surface area contributed by atoms with Crippen LogP contribution in [-0.4, -0.2) is 10.8 Å². The van der Waals surface area contributed by atoms with Gasteiger partial charge in [-0.1, -0.05) is 57.2 Å². The van der Waals surface area contributed by atoms with Crippen LogP contribution in [0.15, 0.2) is 72.8 Å². The van der Waals surface area contributed by atoms with Crippen LogP contribution in [0.3, 0.4) is 0 Å². The van der Waals surface area contributed by atoms with E-state index in [1.807, 2.05) is 42.5 Å². The molecule has 30 heavy (non-hydrogen) atoms. The zero-order valence-electron chi connectivity index (χ0n) is 17.1. The molecule has 152 valence electrons. The molecule has 1 aliphatic heterocycles. The van der Waals surface area contributed by atoms with Gasteiger partial charge in [-0.2, -0.15) is 0 Å². The van der Waals surface area contributed by atoms with E-state index in [0.717, 1.165) is 5.56 Å². The Kier molecular flexibility index (Phi) is 4.78. The molecule has 3 aromatic rings. The number of rotatable bonds is 3. The maximum absolute atomic E-state index is 13.5. The quantitative estimate of drug-likeness (QED) is 0.454. The molecule has 3 aromatic carbocycles. The first-order chi connectivity index (χ1) is 14.3. The predicted molar refractivity (Wildman–Crippen MR) is 118 cm³/mol. The summed E-state index contributed by atoms with van der Waals surface area (Å²) in [6.45, 7) is 6.38. The lowest BCUT2D eigenvalue weighted by Crippen LogP contribution is -2.43. The molecule has 1 atom stereocenters. The maximum Gasteiger partial charge on any atom is 0.276 e. The van der Waals surface area contributed by atoms with Crippen molar-refractivity contribution in [1.29, 1.82) is 0 Å². The smallest absolute Gasteiger partial charge is 0.276 e. The van der Waals surface area contributed by atoms with E-state index >= 15 is 0 Å². The topological polar surface area (TPSA) is 75.5 Å². The summed E-state index contributed by atoms with van der Waals surface area (Å²) in [5.74, 6) is -0.198. The highest BCUT2D eigenvalue weighted by atomic mass is 16.6. The molecular formula is C24H23N3O3. The monoisotopic (exact) mass is 401 g/mol. The number of carbonyl (C=O) groups excluding carboxylic acids is 1. The Bertz CT molecular complexity index is 1120. The number of nitrogens with zero attached hydrogens (tertiary/aromatic N) is 2. The number of benzene rings is 3.